The van der Waals surface area contributed by atoms with Gasteiger partial charge in [0.1, 0.15) is 11.8 Å². The second-order valence-electron chi connectivity index (χ2n) is 6.14. The van der Waals surface area contributed by atoms with Crippen LogP contribution in [0.25, 0.3) is 0 Å². The number of aromatic nitrogens is 1. The predicted octanol–water partition coefficient (Wildman–Crippen LogP) is 2.60. The van der Waals surface area contributed by atoms with Crippen LogP contribution in [-0.4, -0.2) is 41.5 Å². The first kappa shape index (κ1) is 16.8. The number of esters is 1. The number of hydrogen-bond donors (Lipinski definition) is 1. The second kappa shape index (κ2) is 7.67. The van der Waals surface area contributed by atoms with Gasteiger partial charge in [-0.05, 0) is 31.0 Å². The molecule has 1 aliphatic rings. The minimum atomic E-state index is -0.454. The first-order chi connectivity index (χ1) is 12.2. The fraction of sp³-hybridized carbons (Fsp3) is 0.316. The molecule has 0 radical (unpaired) electrons. The fourth-order valence-electron chi connectivity index (χ4n) is 3.00. The highest BCUT2D eigenvalue weighted by Crippen LogP contribution is 2.19. The molecule has 1 saturated heterocycles. The summed E-state index contributed by atoms with van der Waals surface area (Å²) in [7, 11) is 0. The Hall–Kier alpha value is -3.07. The van der Waals surface area contributed by atoms with E-state index >= 15 is 0 Å². The lowest BCUT2D eigenvalue weighted by atomic mass is 9.98. The molecule has 0 bridgehead atoms. The standard InChI is InChI=1S/C19H19N3O3/c20-10-17-9-16(11-21-17)19(24)25-13-14-5-4-8-22(12-14)18(23)15-6-2-1-3-7-15/h1-3,6-7,9,11,14,21H,4-5,8,12-13H2/t14-/m0/s1. The van der Waals surface area contributed by atoms with Gasteiger partial charge in [-0.1, -0.05) is 18.2 Å². The van der Waals surface area contributed by atoms with E-state index in [4.69, 9.17) is 10.00 Å². The Kier molecular flexibility index (Phi) is 5.14. The van der Waals surface area contributed by atoms with Crippen molar-refractivity contribution in [2.45, 2.75) is 12.8 Å². The second-order valence-corrected chi connectivity index (χ2v) is 6.14. The molecule has 0 saturated carbocycles. The summed E-state index contributed by atoms with van der Waals surface area (Å²) >= 11 is 0. The molecule has 6 nitrogen and oxygen atoms in total. The molecule has 128 valence electrons. The van der Waals surface area contributed by atoms with E-state index in [2.05, 4.69) is 4.98 Å². The zero-order chi connectivity index (χ0) is 17.6. The quantitative estimate of drug-likeness (QED) is 0.869. The van der Waals surface area contributed by atoms with Crippen LogP contribution in [0.5, 0.6) is 0 Å². The van der Waals surface area contributed by atoms with Gasteiger partial charge in [0.05, 0.1) is 12.2 Å². The number of aromatic amines is 1. The van der Waals surface area contributed by atoms with Crippen molar-refractivity contribution in [3.05, 3.63) is 59.4 Å². The van der Waals surface area contributed by atoms with Gasteiger partial charge < -0.3 is 14.6 Å². The molecule has 0 unspecified atom stereocenters. The van der Waals surface area contributed by atoms with E-state index in [0.717, 1.165) is 19.4 Å². The Morgan fingerprint density at radius 1 is 1.28 bits per heavy atom. The number of nitrogens with zero attached hydrogens (tertiary/aromatic N) is 2. The summed E-state index contributed by atoms with van der Waals surface area (Å²) in [6.07, 6.45) is 3.28. The Bertz CT molecular complexity index is 792. The Balaban J connectivity index is 1.54. The topological polar surface area (TPSA) is 86.2 Å². The zero-order valence-electron chi connectivity index (χ0n) is 13.8. The van der Waals surface area contributed by atoms with Crippen molar-refractivity contribution in [3.63, 3.8) is 0 Å². The maximum absolute atomic E-state index is 12.5. The van der Waals surface area contributed by atoms with Gasteiger partial charge in [0.2, 0.25) is 0 Å². The van der Waals surface area contributed by atoms with Crippen molar-refractivity contribution in [1.82, 2.24) is 9.88 Å². The van der Waals surface area contributed by atoms with Crippen LogP contribution >= 0.6 is 0 Å². The van der Waals surface area contributed by atoms with E-state index in [0.29, 0.717) is 23.4 Å². The number of hydrogen-bond acceptors (Lipinski definition) is 4. The van der Waals surface area contributed by atoms with Crippen molar-refractivity contribution in [1.29, 1.82) is 5.26 Å². The van der Waals surface area contributed by atoms with Crippen LogP contribution in [-0.2, 0) is 4.74 Å². The van der Waals surface area contributed by atoms with Crippen molar-refractivity contribution in [2.24, 2.45) is 5.92 Å². The number of piperidine rings is 1. The molecule has 6 heteroatoms. The lowest BCUT2D eigenvalue weighted by Gasteiger charge is -2.32. The number of H-pyrrole nitrogens is 1. The van der Waals surface area contributed by atoms with Gasteiger partial charge in [-0.3, -0.25) is 4.79 Å². The van der Waals surface area contributed by atoms with Crippen LogP contribution in [0.1, 0.15) is 39.3 Å². The molecule has 1 atom stereocenters. The van der Waals surface area contributed by atoms with Gasteiger partial charge in [0.25, 0.3) is 5.91 Å². The molecule has 1 N–H and O–H groups in total. The molecule has 0 spiro atoms. The van der Waals surface area contributed by atoms with Crippen LogP contribution in [0.3, 0.4) is 0 Å². The fourth-order valence-corrected chi connectivity index (χ4v) is 3.00. The Morgan fingerprint density at radius 3 is 2.80 bits per heavy atom. The van der Waals surface area contributed by atoms with Gasteiger partial charge in [-0.15, -0.1) is 0 Å². The molecule has 25 heavy (non-hydrogen) atoms. The lowest BCUT2D eigenvalue weighted by molar-refractivity contribution is 0.0342. The summed E-state index contributed by atoms with van der Waals surface area (Å²) in [6, 6.07) is 12.6. The number of ether oxygens (including phenoxy) is 1. The van der Waals surface area contributed by atoms with Crippen molar-refractivity contribution < 1.29 is 14.3 Å². The molecular weight excluding hydrogens is 318 g/mol. The largest absolute Gasteiger partial charge is 0.462 e. The summed E-state index contributed by atoms with van der Waals surface area (Å²) in [5.74, 6) is -0.315. The lowest BCUT2D eigenvalue weighted by Crippen LogP contribution is -2.41. The summed E-state index contributed by atoms with van der Waals surface area (Å²) in [5, 5.41) is 8.77. The van der Waals surface area contributed by atoms with E-state index in [-0.39, 0.29) is 18.4 Å². The highest BCUT2D eigenvalue weighted by Gasteiger charge is 2.25. The summed E-state index contributed by atoms with van der Waals surface area (Å²) in [5.41, 5.74) is 1.34. The molecule has 1 aromatic carbocycles. The molecule has 1 aliphatic heterocycles. The number of amides is 1. The third kappa shape index (κ3) is 4.07. The third-order valence-corrected chi connectivity index (χ3v) is 4.32. The van der Waals surface area contributed by atoms with Crippen LogP contribution in [0.2, 0.25) is 0 Å². The molecule has 1 fully saturated rings. The van der Waals surface area contributed by atoms with Gasteiger partial charge in [-0.2, -0.15) is 5.26 Å². The SMILES string of the molecule is N#Cc1cc(C(=O)OC[C@H]2CCCN(C(=O)c3ccccc3)C2)c[nH]1. The van der Waals surface area contributed by atoms with E-state index in [1.54, 1.807) is 0 Å². The van der Waals surface area contributed by atoms with Crippen LogP contribution in [0.4, 0.5) is 0 Å². The number of rotatable bonds is 4. The van der Waals surface area contributed by atoms with Gasteiger partial charge in [0.15, 0.2) is 0 Å². The Morgan fingerprint density at radius 2 is 2.08 bits per heavy atom. The minimum Gasteiger partial charge on any atom is -0.462 e. The molecule has 1 amide bonds. The van der Waals surface area contributed by atoms with E-state index in [1.165, 1.54) is 12.3 Å². The van der Waals surface area contributed by atoms with Crippen molar-refractivity contribution in [3.8, 4) is 6.07 Å². The van der Waals surface area contributed by atoms with Crippen LogP contribution < -0.4 is 0 Å². The number of nitriles is 1. The average Bonchev–Trinajstić information content (AvgIpc) is 3.16. The molecule has 2 heterocycles. The maximum Gasteiger partial charge on any atom is 0.339 e. The van der Waals surface area contributed by atoms with Gasteiger partial charge in [0, 0.05) is 30.8 Å². The van der Waals surface area contributed by atoms with E-state index in [9.17, 15) is 9.59 Å². The minimum absolute atomic E-state index is 0.0147. The molecule has 1 aromatic heterocycles. The molecule has 3 rings (SSSR count). The van der Waals surface area contributed by atoms with Crippen molar-refractivity contribution >= 4 is 11.9 Å². The first-order valence-electron chi connectivity index (χ1n) is 8.27. The summed E-state index contributed by atoms with van der Waals surface area (Å²) in [4.78, 5) is 29.1. The Labute approximate surface area is 146 Å². The summed E-state index contributed by atoms with van der Waals surface area (Å²) in [6.45, 7) is 1.57. The maximum atomic E-state index is 12.5. The third-order valence-electron chi connectivity index (χ3n) is 4.32. The number of nitrogens with one attached hydrogen (secondary N) is 1. The summed E-state index contributed by atoms with van der Waals surface area (Å²) < 4.78 is 5.35. The normalized spacial score (nSPS) is 16.9. The monoisotopic (exact) mass is 337 g/mol. The zero-order valence-corrected chi connectivity index (χ0v) is 13.8. The smallest absolute Gasteiger partial charge is 0.339 e. The molecule has 2 aromatic rings. The van der Waals surface area contributed by atoms with Crippen molar-refractivity contribution in [2.75, 3.05) is 19.7 Å². The van der Waals surface area contributed by atoms with E-state index in [1.807, 2.05) is 41.3 Å². The molecular formula is C19H19N3O3. The first-order valence-corrected chi connectivity index (χ1v) is 8.27. The molecule has 0 aliphatic carbocycles. The van der Waals surface area contributed by atoms with Gasteiger partial charge in [-0.25, -0.2) is 4.79 Å². The van der Waals surface area contributed by atoms with E-state index < -0.39 is 5.97 Å². The number of benzene rings is 1. The highest BCUT2D eigenvalue weighted by atomic mass is 16.5. The number of likely N-dealkylation sites (tertiary alicyclic amines) is 1. The number of carbonyl (C=O) groups excluding carboxylic acids is 2. The van der Waals surface area contributed by atoms with Crippen LogP contribution in [0.15, 0.2) is 42.6 Å². The number of carbonyl (C=O) groups is 2. The highest BCUT2D eigenvalue weighted by molar-refractivity contribution is 5.94. The predicted molar refractivity (Wildman–Crippen MR) is 90.9 cm³/mol. The van der Waals surface area contributed by atoms with Crippen LogP contribution in [0, 0.1) is 17.2 Å². The van der Waals surface area contributed by atoms with Gasteiger partial charge >= 0.3 is 5.97 Å². The average molecular weight is 337 g/mol.